The second-order valence-electron chi connectivity index (χ2n) is 4.67. The molecule has 0 N–H and O–H groups in total. The molecule has 1 aromatic heterocycles. The molecule has 3 rings (SSSR count). The van der Waals surface area contributed by atoms with E-state index in [2.05, 4.69) is 0 Å². The monoisotopic (exact) mass is 348 g/mol. The van der Waals surface area contributed by atoms with Crippen LogP contribution in [0.4, 0.5) is 0 Å². The van der Waals surface area contributed by atoms with Crippen LogP contribution in [0.5, 0.6) is 17.2 Å². The highest BCUT2D eigenvalue weighted by molar-refractivity contribution is 7.21. The van der Waals surface area contributed by atoms with Gasteiger partial charge in [-0.05, 0) is 42.5 Å². The number of carbonyl (C=O) groups is 1. The fourth-order valence-electron chi connectivity index (χ4n) is 2.10. The van der Waals surface area contributed by atoms with Crippen molar-refractivity contribution in [2.75, 3.05) is 14.2 Å². The maximum absolute atomic E-state index is 12.4. The Morgan fingerprint density at radius 1 is 0.957 bits per heavy atom. The van der Waals surface area contributed by atoms with Gasteiger partial charge >= 0.3 is 5.97 Å². The summed E-state index contributed by atoms with van der Waals surface area (Å²) in [7, 11) is 3.16. The van der Waals surface area contributed by atoms with Gasteiger partial charge < -0.3 is 14.2 Å². The van der Waals surface area contributed by atoms with Gasteiger partial charge in [0.15, 0.2) is 0 Å². The lowest BCUT2D eigenvalue weighted by Crippen LogP contribution is -2.06. The first-order valence-electron chi connectivity index (χ1n) is 6.74. The van der Waals surface area contributed by atoms with Crippen molar-refractivity contribution in [3.63, 3.8) is 0 Å². The summed E-state index contributed by atoms with van der Waals surface area (Å²) in [4.78, 5) is 12.7. The molecular weight excluding hydrogens is 336 g/mol. The number of esters is 1. The Hall–Kier alpha value is -2.24. The minimum atomic E-state index is -0.486. The number of rotatable bonds is 4. The van der Waals surface area contributed by atoms with Gasteiger partial charge in [0.2, 0.25) is 0 Å². The Morgan fingerprint density at radius 3 is 2.22 bits per heavy atom. The number of carbonyl (C=O) groups excluding carboxylic acids is 1. The van der Waals surface area contributed by atoms with Crippen molar-refractivity contribution in [1.82, 2.24) is 0 Å². The van der Waals surface area contributed by atoms with Crippen molar-refractivity contribution >= 4 is 39.0 Å². The third-order valence-corrected chi connectivity index (χ3v) is 4.95. The number of hydrogen-bond donors (Lipinski definition) is 0. The second kappa shape index (κ2) is 6.48. The van der Waals surface area contributed by atoms with Gasteiger partial charge in [-0.2, -0.15) is 0 Å². The Labute approximate surface area is 142 Å². The first kappa shape index (κ1) is 15.6. The van der Waals surface area contributed by atoms with Gasteiger partial charge in [-0.25, -0.2) is 4.79 Å². The van der Waals surface area contributed by atoms with Crippen LogP contribution in [0, 0.1) is 0 Å². The highest BCUT2D eigenvalue weighted by atomic mass is 35.5. The third-order valence-electron chi connectivity index (χ3n) is 3.29. The normalized spacial score (nSPS) is 10.6. The molecule has 118 valence electrons. The van der Waals surface area contributed by atoms with Gasteiger partial charge in [0, 0.05) is 10.1 Å². The van der Waals surface area contributed by atoms with Crippen molar-refractivity contribution < 1.29 is 19.0 Å². The molecule has 0 aliphatic heterocycles. The zero-order valence-corrected chi connectivity index (χ0v) is 14.0. The molecule has 0 aliphatic rings. The molecule has 0 radical (unpaired) electrons. The summed E-state index contributed by atoms with van der Waals surface area (Å²) in [5, 5.41) is 1.15. The third kappa shape index (κ3) is 3.11. The van der Waals surface area contributed by atoms with Gasteiger partial charge in [-0.3, -0.25) is 0 Å². The van der Waals surface area contributed by atoms with Gasteiger partial charge in [-0.1, -0.05) is 11.6 Å². The van der Waals surface area contributed by atoms with Crippen LogP contribution in [0.1, 0.15) is 9.67 Å². The van der Waals surface area contributed by atoms with Crippen LogP contribution in [-0.2, 0) is 0 Å². The number of methoxy groups -OCH3 is 2. The van der Waals surface area contributed by atoms with Crippen LogP contribution in [0.15, 0.2) is 42.5 Å². The van der Waals surface area contributed by atoms with Crippen LogP contribution >= 0.6 is 22.9 Å². The molecule has 0 amide bonds. The van der Waals surface area contributed by atoms with Crippen molar-refractivity contribution in [2.24, 2.45) is 0 Å². The van der Waals surface area contributed by atoms with E-state index in [0.717, 1.165) is 10.1 Å². The predicted molar refractivity (Wildman–Crippen MR) is 91.3 cm³/mol. The predicted octanol–water partition coefficient (Wildman–Crippen LogP) is 4.79. The van der Waals surface area contributed by atoms with E-state index in [1.165, 1.54) is 11.3 Å². The van der Waals surface area contributed by atoms with E-state index in [-0.39, 0.29) is 0 Å². The molecule has 0 bridgehead atoms. The quantitative estimate of drug-likeness (QED) is 0.502. The number of thiophene rings is 1. The SMILES string of the molecule is COc1ccc(OC(=O)c2sc3ccc(OC)cc3c2Cl)cc1. The summed E-state index contributed by atoms with van der Waals surface area (Å²) in [6, 6.07) is 12.3. The summed E-state index contributed by atoms with van der Waals surface area (Å²) in [5.41, 5.74) is 0. The summed E-state index contributed by atoms with van der Waals surface area (Å²) in [6.07, 6.45) is 0. The van der Waals surface area contributed by atoms with Crippen molar-refractivity contribution in [1.29, 1.82) is 0 Å². The molecule has 0 unspecified atom stereocenters. The van der Waals surface area contributed by atoms with E-state index in [1.54, 1.807) is 44.6 Å². The van der Waals surface area contributed by atoms with E-state index >= 15 is 0 Å². The van der Waals surface area contributed by atoms with Crippen molar-refractivity contribution in [2.45, 2.75) is 0 Å². The van der Waals surface area contributed by atoms with E-state index in [1.807, 2.05) is 12.1 Å². The first-order valence-corrected chi connectivity index (χ1v) is 7.94. The van der Waals surface area contributed by atoms with Crippen molar-refractivity contribution in [3.8, 4) is 17.2 Å². The molecule has 4 nitrogen and oxygen atoms in total. The average Bonchev–Trinajstić information content (AvgIpc) is 2.92. The Bertz CT molecular complexity index is 855. The van der Waals surface area contributed by atoms with Gasteiger partial charge in [0.05, 0.1) is 19.2 Å². The van der Waals surface area contributed by atoms with Crippen LogP contribution in [-0.4, -0.2) is 20.2 Å². The minimum Gasteiger partial charge on any atom is -0.497 e. The lowest BCUT2D eigenvalue weighted by molar-refractivity contribution is 0.0740. The fourth-order valence-corrected chi connectivity index (χ4v) is 3.46. The molecule has 2 aromatic carbocycles. The van der Waals surface area contributed by atoms with Crippen LogP contribution in [0.25, 0.3) is 10.1 Å². The smallest absolute Gasteiger partial charge is 0.355 e. The summed E-state index contributed by atoms with van der Waals surface area (Å²) in [6.45, 7) is 0. The van der Waals surface area contributed by atoms with Gasteiger partial charge in [-0.15, -0.1) is 11.3 Å². The second-order valence-corrected chi connectivity index (χ2v) is 6.10. The van der Waals surface area contributed by atoms with Gasteiger partial charge in [0.25, 0.3) is 0 Å². The zero-order chi connectivity index (χ0) is 16.4. The molecule has 0 saturated heterocycles. The maximum atomic E-state index is 12.4. The number of hydrogen-bond acceptors (Lipinski definition) is 5. The highest BCUT2D eigenvalue weighted by Gasteiger charge is 2.19. The van der Waals surface area contributed by atoms with Crippen LogP contribution < -0.4 is 14.2 Å². The van der Waals surface area contributed by atoms with Crippen LogP contribution in [0.3, 0.4) is 0 Å². The topological polar surface area (TPSA) is 44.8 Å². The molecule has 0 atom stereocenters. The molecule has 1 heterocycles. The van der Waals surface area contributed by atoms with E-state index in [9.17, 15) is 4.79 Å². The molecule has 0 saturated carbocycles. The van der Waals surface area contributed by atoms with Crippen molar-refractivity contribution in [3.05, 3.63) is 52.4 Å². The molecule has 3 aromatic rings. The lowest BCUT2D eigenvalue weighted by atomic mass is 10.2. The highest BCUT2D eigenvalue weighted by Crippen LogP contribution is 2.37. The molecule has 6 heteroatoms. The van der Waals surface area contributed by atoms with E-state index in [4.69, 9.17) is 25.8 Å². The summed E-state index contributed by atoms with van der Waals surface area (Å²) < 4.78 is 16.5. The zero-order valence-electron chi connectivity index (χ0n) is 12.5. The number of halogens is 1. The first-order chi connectivity index (χ1) is 11.1. The molecule has 0 aliphatic carbocycles. The van der Waals surface area contributed by atoms with Gasteiger partial charge in [0.1, 0.15) is 22.1 Å². The molecular formula is C17H13ClO4S. The lowest BCUT2D eigenvalue weighted by Gasteiger charge is -2.04. The number of ether oxygens (including phenoxy) is 3. The largest absolute Gasteiger partial charge is 0.497 e. The minimum absolute atomic E-state index is 0.366. The number of fused-ring (bicyclic) bond motifs is 1. The fraction of sp³-hybridized carbons (Fsp3) is 0.118. The molecule has 23 heavy (non-hydrogen) atoms. The standard InChI is InChI=1S/C17H13ClO4S/c1-20-10-3-5-11(6-4-10)22-17(19)16-15(18)13-9-12(21-2)7-8-14(13)23-16/h3-9H,1-2H3. The molecule has 0 fully saturated rings. The van der Waals surface area contributed by atoms with Crippen LogP contribution in [0.2, 0.25) is 5.02 Å². The van der Waals surface area contributed by atoms with E-state index < -0.39 is 5.97 Å². The Kier molecular flexibility index (Phi) is 4.41. The Balaban J connectivity index is 1.89. The number of benzene rings is 2. The summed E-state index contributed by atoms with van der Waals surface area (Å²) >= 11 is 7.62. The van der Waals surface area contributed by atoms with E-state index in [0.29, 0.717) is 27.1 Å². The summed E-state index contributed by atoms with van der Waals surface area (Å²) in [5.74, 6) is 1.33. The maximum Gasteiger partial charge on any atom is 0.355 e. The molecule has 0 spiro atoms. The average molecular weight is 349 g/mol. The Morgan fingerprint density at radius 2 is 1.57 bits per heavy atom.